The molecule has 2 N–H and O–H groups in total. The number of ketones is 1. The van der Waals surface area contributed by atoms with Gasteiger partial charge in [0, 0.05) is 13.1 Å². The quantitative estimate of drug-likeness (QED) is 0.398. The molecule has 0 heterocycles. The van der Waals surface area contributed by atoms with E-state index in [0.29, 0.717) is 19.0 Å². The summed E-state index contributed by atoms with van der Waals surface area (Å²) in [6, 6.07) is 2.40. The number of nitrogens with zero attached hydrogens (tertiary/aromatic N) is 1. The molecule has 0 spiro atoms. The number of aromatic hydroxyl groups is 2. The zero-order chi connectivity index (χ0) is 18.3. The number of phenols is 2. The van der Waals surface area contributed by atoms with Crippen LogP contribution in [-0.2, 0) is 4.79 Å². The first-order chi connectivity index (χ1) is 11.3. The lowest BCUT2D eigenvalue weighted by Crippen LogP contribution is -2.40. The largest absolute Gasteiger partial charge is 0.504 e. The second-order valence-electron chi connectivity index (χ2n) is 6.12. The average molecular weight is 356 g/mol. The van der Waals surface area contributed by atoms with Crippen LogP contribution in [0.1, 0.15) is 56.8 Å². The van der Waals surface area contributed by atoms with Crippen molar-refractivity contribution in [3.8, 4) is 11.5 Å². The van der Waals surface area contributed by atoms with Crippen LogP contribution in [0, 0.1) is 5.92 Å². The number of Topliss-reactive ketones (excluding diaryl/α,β-unsaturated/α-hetero) is 1. The van der Waals surface area contributed by atoms with E-state index in [1.54, 1.807) is 4.90 Å². The lowest BCUT2D eigenvalue weighted by atomic mass is 10.0. The normalized spacial score (nSPS) is 12.0. The molecule has 0 saturated heterocycles. The molecule has 0 unspecified atom stereocenters. The molecule has 0 aliphatic heterocycles. The van der Waals surface area contributed by atoms with Crippen molar-refractivity contribution in [2.75, 3.05) is 13.1 Å². The summed E-state index contributed by atoms with van der Waals surface area (Å²) in [5, 5.41) is 18.7. The number of phenolic OH excluding ortho intramolecular Hbond substituents is 2. The Balaban J connectivity index is 2.94. The zero-order valence-electron chi connectivity index (χ0n) is 14.5. The summed E-state index contributed by atoms with van der Waals surface area (Å²) in [4.78, 5) is 26.6. The number of hydrogen-bond donors (Lipinski definition) is 2. The van der Waals surface area contributed by atoms with E-state index in [1.165, 1.54) is 6.07 Å². The van der Waals surface area contributed by atoms with Gasteiger partial charge in [0.1, 0.15) is 0 Å². The van der Waals surface area contributed by atoms with E-state index in [-0.39, 0.29) is 10.6 Å². The van der Waals surface area contributed by atoms with Gasteiger partial charge in [-0.05, 0) is 30.9 Å². The summed E-state index contributed by atoms with van der Waals surface area (Å²) in [6.07, 6.45) is 3.92. The molecule has 0 saturated carbocycles. The van der Waals surface area contributed by atoms with Crippen LogP contribution in [0.4, 0.5) is 0 Å². The highest BCUT2D eigenvalue weighted by molar-refractivity contribution is 6.47. The minimum absolute atomic E-state index is 0.0979. The van der Waals surface area contributed by atoms with Crippen LogP contribution in [0.2, 0.25) is 5.02 Å². The first-order valence-electron chi connectivity index (χ1n) is 8.37. The third-order valence-electron chi connectivity index (χ3n) is 3.90. The van der Waals surface area contributed by atoms with Crippen molar-refractivity contribution < 1.29 is 19.8 Å². The second-order valence-corrected chi connectivity index (χ2v) is 6.50. The van der Waals surface area contributed by atoms with E-state index in [9.17, 15) is 19.8 Å². The first kappa shape index (κ1) is 20.3. The van der Waals surface area contributed by atoms with Gasteiger partial charge in [0.2, 0.25) is 0 Å². The fourth-order valence-corrected chi connectivity index (χ4v) is 2.80. The Kier molecular flexibility index (Phi) is 8.05. The molecule has 6 heteroatoms. The molecule has 1 atom stereocenters. The molecule has 0 fully saturated rings. The van der Waals surface area contributed by atoms with Crippen LogP contribution in [-0.4, -0.2) is 39.9 Å². The lowest BCUT2D eigenvalue weighted by molar-refractivity contribution is -0.127. The summed E-state index contributed by atoms with van der Waals surface area (Å²) < 4.78 is 0. The summed E-state index contributed by atoms with van der Waals surface area (Å²) in [5.41, 5.74) is -0.0979. The van der Waals surface area contributed by atoms with E-state index in [0.717, 1.165) is 31.7 Å². The molecule has 0 aliphatic carbocycles. The monoisotopic (exact) mass is 355 g/mol. The fourth-order valence-electron chi connectivity index (χ4n) is 2.55. The Morgan fingerprint density at radius 1 is 1.21 bits per heavy atom. The number of amides is 1. The SMILES string of the molecule is CCCC[C@H](C)CN(CCC)C(=O)C(=O)c1ccc(O)c(O)c1Cl. The van der Waals surface area contributed by atoms with Crippen LogP contribution in [0.5, 0.6) is 11.5 Å². The van der Waals surface area contributed by atoms with Crippen molar-refractivity contribution >= 4 is 23.3 Å². The van der Waals surface area contributed by atoms with Gasteiger partial charge in [0.15, 0.2) is 11.5 Å². The fraction of sp³-hybridized carbons (Fsp3) is 0.556. The number of rotatable bonds is 9. The average Bonchev–Trinajstić information content (AvgIpc) is 2.56. The molecule has 0 radical (unpaired) electrons. The van der Waals surface area contributed by atoms with Crippen LogP contribution >= 0.6 is 11.6 Å². The van der Waals surface area contributed by atoms with Crippen molar-refractivity contribution in [3.63, 3.8) is 0 Å². The summed E-state index contributed by atoms with van der Waals surface area (Å²) in [6.45, 7) is 7.13. The smallest absolute Gasteiger partial charge is 0.295 e. The number of halogens is 1. The number of carbonyl (C=O) groups is 2. The standard InChI is InChI=1S/C18H26ClNO4/c1-4-6-7-12(3)11-20(10-5-2)18(24)16(22)13-8-9-14(21)17(23)15(13)19/h8-9,12,21,23H,4-7,10-11H2,1-3H3/t12-/m0/s1. The number of unbranched alkanes of at least 4 members (excludes halogenated alkanes) is 1. The van der Waals surface area contributed by atoms with E-state index < -0.39 is 23.2 Å². The van der Waals surface area contributed by atoms with Gasteiger partial charge in [0.05, 0.1) is 10.6 Å². The maximum atomic E-state index is 12.6. The van der Waals surface area contributed by atoms with Gasteiger partial charge >= 0.3 is 0 Å². The number of hydrogen-bond acceptors (Lipinski definition) is 4. The Hall–Kier alpha value is -1.75. The van der Waals surface area contributed by atoms with Crippen LogP contribution < -0.4 is 0 Å². The molecule has 1 amide bonds. The van der Waals surface area contributed by atoms with Gasteiger partial charge in [-0.25, -0.2) is 0 Å². The van der Waals surface area contributed by atoms with Crippen molar-refractivity contribution in [1.82, 2.24) is 4.90 Å². The molecule has 1 aromatic rings. The maximum Gasteiger partial charge on any atom is 0.295 e. The molecule has 1 aromatic carbocycles. The molecular weight excluding hydrogens is 330 g/mol. The lowest BCUT2D eigenvalue weighted by Gasteiger charge is -2.25. The van der Waals surface area contributed by atoms with Crippen LogP contribution in [0.15, 0.2) is 12.1 Å². The highest BCUT2D eigenvalue weighted by Crippen LogP contribution is 2.35. The minimum atomic E-state index is -0.772. The van der Waals surface area contributed by atoms with Crippen molar-refractivity contribution in [2.45, 2.75) is 46.5 Å². The predicted octanol–water partition coefficient (Wildman–Crippen LogP) is 4.00. The second kappa shape index (κ2) is 9.52. The molecule has 24 heavy (non-hydrogen) atoms. The number of carbonyl (C=O) groups excluding carboxylic acids is 2. The Morgan fingerprint density at radius 2 is 1.88 bits per heavy atom. The zero-order valence-corrected chi connectivity index (χ0v) is 15.3. The van der Waals surface area contributed by atoms with Crippen molar-refractivity contribution in [3.05, 3.63) is 22.7 Å². The summed E-state index contributed by atoms with van der Waals surface area (Å²) >= 11 is 5.89. The van der Waals surface area contributed by atoms with Gasteiger partial charge in [-0.3, -0.25) is 9.59 Å². The van der Waals surface area contributed by atoms with Gasteiger partial charge in [-0.15, -0.1) is 0 Å². The van der Waals surface area contributed by atoms with Crippen molar-refractivity contribution in [2.24, 2.45) is 5.92 Å². The summed E-state index contributed by atoms with van der Waals surface area (Å²) in [5.74, 6) is -2.12. The van der Waals surface area contributed by atoms with E-state index in [4.69, 9.17) is 11.6 Å². The van der Waals surface area contributed by atoms with Gasteiger partial charge in [0.25, 0.3) is 11.7 Å². The molecular formula is C18H26ClNO4. The highest BCUT2D eigenvalue weighted by atomic mass is 35.5. The third-order valence-corrected chi connectivity index (χ3v) is 4.28. The van der Waals surface area contributed by atoms with E-state index in [2.05, 4.69) is 13.8 Å². The van der Waals surface area contributed by atoms with Gasteiger partial charge in [-0.2, -0.15) is 0 Å². The number of benzene rings is 1. The molecule has 0 bridgehead atoms. The molecule has 5 nitrogen and oxygen atoms in total. The molecule has 0 aliphatic rings. The highest BCUT2D eigenvalue weighted by Gasteiger charge is 2.27. The molecule has 134 valence electrons. The van der Waals surface area contributed by atoms with Crippen molar-refractivity contribution in [1.29, 1.82) is 0 Å². The Bertz CT molecular complexity index is 589. The topological polar surface area (TPSA) is 77.8 Å². The van der Waals surface area contributed by atoms with E-state index in [1.807, 2.05) is 6.92 Å². The Labute approximate surface area is 148 Å². The third kappa shape index (κ3) is 5.13. The first-order valence-corrected chi connectivity index (χ1v) is 8.75. The minimum Gasteiger partial charge on any atom is -0.504 e. The van der Waals surface area contributed by atoms with Crippen LogP contribution in [0.25, 0.3) is 0 Å². The maximum absolute atomic E-state index is 12.6. The predicted molar refractivity (Wildman–Crippen MR) is 94.7 cm³/mol. The van der Waals surface area contributed by atoms with Crippen LogP contribution in [0.3, 0.4) is 0 Å². The molecule has 0 aromatic heterocycles. The van der Waals surface area contributed by atoms with E-state index >= 15 is 0 Å². The van der Waals surface area contributed by atoms with Gasteiger partial charge in [-0.1, -0.05) is 45.2 Å². The molecule has 1 rings (SSSR count). The summed E-state index contributed by atoms with van der Waals surface area (Å²) in [7, 11) is 0. The van der Waals surface area contributed by atoms with Gasteiger partial charge < -0.3 is 15.1 Å². The Morgan fingerprint density at radius 3 is 2.46 bits per heavy atom.